The summed E-state index contributed by atoms with van der Waals surface area (Å²) < 4.78 is 5.27. The van der Waals surface area contributed by atoms with E-state index >= 15 is 0 Å². The molecule has 0 spiro atoms. The molecule has 2 aromatic rings. The lowest BCUT2D eigenvalue weighted by atomic mass is 10.0. The molecule has 1 amide bonds. The molecule has 1 aromatic heterocycles. The highest BCUT2D eigenvalue weighted by atomic mass is 16.5. The molecule has 1 heterocycles. The zero-order chi connectivity index (χ0) is 17.0. The summed E-state index contributed by atoms with van der Waals surface area (Å²) in [5.74, 6) is 0.878. The molecule has 1 aromatic carbocycles. The van der Waals surface area contributed by atoms with Crippen molar-refractivity contribution in [3.05, 3.63) is 52.4 Å². The van der Waals surface area contributed by atoms with Gasteiger partial charge in [-0.3, -0.25) is 4.79 Å². The van der Waals surface area contributed by atoms with E-state index in [4.69, 9.17) is 4.52 Å². The number of amides is 1. The first kappa shape index (κ1) is 17.2. The summed E-state index contributed by atoms with van der Waals surface area (Å²) in [6, 6.07) is 7.92. The van der Waals surface area contributed by atoms with E-state index in [2.05, 4.69) is 17.4 Å². The number of aromatic nitrogens is 1. The molecule has 0 aliphatic rings. The lowest BCUT2D eigenvalue weighted by molar-refractivity contribution is 0.0827. The summed E-state index contributed by atoms with van der Waals surface area (Å²) in [7, 11) is 3.52. The van der Waals surface area contributed by atoms with Gasteiger partial charge in [0.2, 0.25) is 0 Å². The Morgan fingerprint density at radius 1 is 1.35 bits per heavy atom. The van der Waals surface area contributed by atoms with E-state index in [0.717, 1.165) is 29.0 Å². The Hall–Kier alpha value is -2.14. The Labute approximate surface area is 137 Å². The van der Waals surface area contributed by atoms with E-state index in [9.17, 15) is 4.79 Å². The standard InChI is InChI=1S/C18H25N3O2/c1-6-16(17-12(2)20-23-13(17)3)19-11-14-8-7-9-15(10-14)18(22)21(4)5/h7-10,16,19H,6,11H2,1-5H3. The summed E-state index contributed by atoms with van der Waals surface area (Å²) in [6.45, 7) is 6.73. The molecule has 5 nitrogen and oxygen atoms in total. The molecule has 0 aliphatic carbocycles. The molecule has 5 heteroatoms. The molecular formula is C18H25N3O2. The van der Waals surface area contributed by atoms with Crippen molar-refractivity contribution in [3.8, 4) is 0 Å². The van der Waals surface area contributed by atoms with Crippen molar-refractivity contribution >= 4 is 5.91 Å². The number of benzene rings is 1. The van der Waals surface area contributed by atoms with Gasteiger partial charge in [-0.15, -0.1) is 0 Å². The number of nitrogens with zero attached hydrogens (tertiary/aromatic N) is 2. The van der Waals surface area contributed by atoms with Gasteiger partial charge < -0.3 is 14.7 Å². The molecule has 23 heavy (non-hydrogen) atoms. The predicted molar refractivity (Wildman–Crippen MR) is 90.3 cm³/mol. The summed E-state index contributed by atoms with van der Waals surface area (Å²) in [5.41, 5.74) is 3.86. The molecule has 1 N–H and O–H groups in total. The topological polar surface area (TPSA) is 58.4 Å². The van der Waals surface area contributed by atoms with Gasteiger partial charge in [0.05, 0.1) is 5.69 Å². The second-order valence-electron chi connectivity index (χ2n) is 5.98. The van der Waals surface area contributed by atoms with Gasteiger partial charge in [-0.05, 0) is 38.0 Å². The quantitative estimate of drug-likeness (QED) is 0.889. The van der Waals surface area contributed by atoms with Crippen molar-refractivity contribution < 1.29 is 9.32 Å². The van der Waals surface area contributed by atoms with Crippen molar-refractivity contribution in [2.75, 3.05) is 14.1 Å². The van der Waals surface area contributed by atoms with E-state index in [-0.39, 0.29) is 11.9 Å². The third-order valence-corrected chi connectivity index (χ3v) is 3.98. The van der Waals surface area contributed by atoms with Crippen LogP contribution >= 0.6 is 0 Å². The Balaban J connectivity index is 2.11. The average Bonchev–Trinajstić information content (AvgIpc) is 2.87. The zero-order valence-electron chi connectivity index (χ0n) is 14.5. The fourth-order valence-electron chi connectivity index (χ4n) is 2.75. The first-order chi connectivity index (χ1) is 10.9. The monoisotopic (exact) mass is 315 g/mol. The van der Waals surface area contributed by atoms with Gasteiger partial charge in [0.25, 0.3) is 5.91 Å². The van der Waals surface area contributed by atoms with Crippen molar-refractivity contribution in [3.63, 3.8) is 0 Å². The van der Waals surface area contributed by atoms with Crippen molar-refractivity contribution in [2.24, 2.45) is 0 Å². The minimum absolute atomic E-state index is 0.0182. The van der Waals surface area contributed by atoms with Crippen LogP contribution in [-0.2, 0) is 6.54 Å². The lowest BCUT2D eigenvalue weighted by Crippen LogP contribution is -2.23. The third kappa shape index (κ3) is 3.99. The van der Waals surface area contributed by atoms with Gasteiger partial charge in [-0.2, -0.15) is 0 Å². The molecule has 0 saturated carbocycles. The van der Waals surface area contributed by atoms with Crippen molar-refractivity contribution in [1.82, 2.24) is 15.4 Å². The maximum absolute atomic E-state index is 12.1. The number of carbonyl (C=O) groups is 1. The molecule has 1 atom stereocenters. The highest BCUT2D eigenvalue weighted by Crippen LogP contribution is 2.24. The van der Waals surface area contributed by atoms with E-state index in [1.165, 1.54) is 0 Å². The third-order valence-electron chi connectivity index (χ3n) is 3.98. The van der Waals surface area contributed by atoms with E-state index in [1.807, 2.05) is 38.1 Å². The SMILES string of the molecule is CCC(NCc1cccc(C(=O)N(C)C)c1)c1c(C)noc1C. The van der Waals surface area contributed by atoms with Crippen LogP contribution in [0.1, 0.15) is 52.3 Å². The maximum Gasteiger partial charge on any atom is 0.253 e. The van der Waals surface area contributed by atoms with Crippen LogP contribution in [-0.4, -0.2) is 30.1 Å². The van der Waals surface area contributed by atoms with Gasteiger partial charge in [0.1, 0.15) is 5.76 Å². The molecule has 0 aliphatic heterocycles. The number of rotatable bonds is 6. The van der Waals surface area contributed by atoms with E-state index < -0.39 is 0 Å². The second-order valence-corrected chi connectivity index (χ2v) is 5.98. The average molecular weight is 315 g/mol. The Morgan fingerprint density at radius 3 is 2.65 bits per heavy atom. The van der Waals surface area contributed by atoms with Gasteiger partial charge in [-0.1, -0.05) is 24.2 Å². The first-order valence-corrected chi connectivity index (χ1v) is 7.90. The number of hydrogen-bond acceptors (Lipinski definition) is 4. The van der Waals surface area contributed by atoms with Gasteiger partial charge in [0.15, 0.2) is 0 Å². The summed E-state index contributed by atoms with van der Waals surface area (Å²) in [5, 5.41) is 7.57. The fraction of sp³-hybridized carbons (Fsp3) is 0.444. The van der Waals surface area contributed by atoms with E-state index in [0.29, 0.717) is 12.1 Å². The molecular weight excluding hydrogens is 290 g/mol. The van der Waals surface area contributed by atoms with Crippen LogP contribution in [0.4, 0.5) is 0 Å². The van der Waals surface area contributed by atoms with Crippen molar-refractivity contribution in [2.45, 2.75) is 39.8 Å². The van der Waals surface area contributed by atoms with E-state index in [1.54, 1.807) is 19.0 Å². The first-order valence-electron chi connectivity index (χ1n) is 7.90. The van der Waals surface area contributed by atoms with Gasteiger partial charge >= 0.3 is 0 Å². The number of carbonyl (C=O) groups excluding carboxylic acids is 1. The Morgan fingerprint density at radius 2 is 2.09 bits per heavy atom. The van der Waals surface area contributed by atoms with Crippen LogP contribution in [0.25, 0.3) is 0 Å². The summed E-state index contributed by atoms with van der Waals surface area (Å²) in [6.07, 6.45) is 0.944. The Bertz CT molecular complexity index is 657. The summed E-state index contributed by atoms with van der Waals surface area (Å²) >= 11 is 0. The van der Waals surface area contributed by atoms with Crippen LogP contribution in [0.3, 0.4) is 0 Å². The normalized spacial score (nSPS) is 12.2. The maximum atomic E-state index is 12.1. The number of aryl methyl sites for hydroxylation is 2. The summed E-state index contributed by atoms with van der Waals surface area (Å²) in [4.78, 5) is 13.6. The minimum atomic E-state index is 0.0182. The highest BCUT2D eigenvalue weighted by molar-refractivity contribution is 5.94. The zero-order valence-corrected chi connectivity index (χ0v) is 14.5. The molecule has 2 rings (SSSR count). The number of nitrogens with one attached hydrogen (secondary N) is 1. The fourth-order valence-corrected chi connectivity index (χ4v) is 2.75. The molecule has 0 fully saturated rings. The van der Waals surface area contributed by atoms with Crippen LogP contribution in [0.2, 0.25) is 0 Å². The molecule has 0 saturated heterocycles. The van der Waals surface area contributed by atoms with Crippen LogP contribution in [0, 0.1) is 13.8 Å². The highest BCUT2D eigenvalue weighted by Gasteiger charge is 2.18. The molecule has 0 radical (unpaired) electrons. The van der Waals surface area contributed by atoms with Gasteiger partial charge in [0, 0.05) is 37.8 Å². The minimum Gasteiger partial charge on any atom is -0.361 e. The second kappa shape index (κ2) is 7.42. The largest absolute Gasteiger partial charge is 0.361 e. The van der Waals surface area contributed by atoms with Crippen LogP contribution in [0.15, 0.2) is 28.8 Å². The molecule has 1 unspecified atom stereocenters. The van der Waals surface area contributed by atoms with Crippen LogP contribution < -0.4 is 5.32 Å². The molecule has 124 valence electrons. The van der Waals surface area contributed by atoms with Crippen LogP contribution in [0.5, 0.6) is 0 Å². The Kier molecular flexibility index (Phi) is 5.55. The van der Waals surface area contributed by atoms with Crippen molar-refractivity contribution in [1.29, 1.82) is 0 Å². The lowest BCUT2D eigenvalue weighted by Gasteiger charge is -2.17. The number of hydrogen-bond donors (Lipinski definition) is 1. The van der Waals surface area contributed by atoms with Gasteiger partial charge in [-0.25, -0.2) is 0 Å². The predicted octanol–water partition coefficient (Wildman–Crippen LogP) is 3.23. The smallest absolute Gasteiger partial charge is 0.253 e. The molecule has 0 bridgehead atoms.